The monoisotopic (exact) mass is 791 g/mol. The molecule has 1 aromatic heterocycles. The number of Topliss-reactive ketones (excluding diaryl/α,β-unsaturated/α-hetero) is 1. The normalized spacial score (nSPS) is 14.3. The molecule has 4 aromatic rings. The van der Waals surface area contributed by atoms with Gasteiger partial charge in [-0.25, -0.2) is 4.98 Å². The van der Waals surface area contributed by atoms with Crippen LogP contribution in [0.1, 0.15) is 54.2 Å². The van der Waals surface area contributed by atoms with E-state index < -0.39 is 71.8 Å². The van der Waals surface area contributed by atoms with Gasteiger partial charge in [-0.3, -0.25) is 28.8 Å². The molecular formula is C38H46ClN9O8. The van der Waals surface area contributed by atoms with Crippen LogP contribution in [0, 0.1) is 0 Å². The van der Waals surface area contributed by atoms with E-state index in [-0.39, 0.29) is 24.4 Å². The maximum Gasteiger partial charge on any atom is 0.266 e. The molecule has 0 bridgehead atoms. The summed E-state index contributed by atoms with van der Waals surface area (Å²) >= 11 is 5.96. The van der Waals surface area contributed by atoms with Gasteiger partial charge >= 0.3 is 0 Å². The van der Waals surface area contributed by atoms with Crippen LogP contribution < -0.4 is 43.8 Å². The number of hydrogen-bond acceptors (Lipinski definition) is 12. The molecule has 0 aliphatic carbocycles. The van der Waals surface area contributed by atoms with E-state index in [1.165, 1.54) is 13.8 Å². The van der Waals surface area contributed by atoms with Gasteiger partial charge in [-0.15, -0.1) is 0 Å². The number of hydrogen-bond donors (Lipinski definition) is 9. The number of unbranched alkanes of at least 4 members (excludes halogenated alkanes) is 1. The van der Waals surface area contributed by atoms with Crippen molar-refractivity contribution in [1.29, 1.82) is 0 Å². The summed E-state index contributed by atoms with van der Waals surface area (Å²) in [7, 11) is 0. The Hall–Kier alpha value is -5.72. The van der Waals surface area contributed by atoms with E-state index >= 15 is 0 Å². The maximum absolute atomic E-state index is 13.3. The minimum absolute atomic E-state index is 0.115. The van der Waals surface area contributed by atoms with Crippen LogP contribution in [-0.4, -0.2) is 94.9 Å². The molecule has 298 valence electrons. The number of ketones is 1. The molecule has 6 unspecified atom stereocenters. The van der Waals surface area contributed by atoms with E-state index in [0.29, 0.717) is 35.5 Å². The first-order valence-electron chi connectivity index (χ1n) is 17.8. The zero-order valence-corrected chi connectivity index (χ0v) is 31.5. The van der Waals surface area contributed by atoms with Gasteiger partial charge < -0.3 is 53.3 Å². The van der Waals surface area contributed by atoms with Crippen molar-refractivity contribution in [2.24, 2.45) is 17.2 Å². The molecule has 0 saturated carbocycles. The zero-order chi connectivity index (χ0) is 40.9. The Morgan fingerprint density at radius 3 is 1.98 bits per heavy atom. The third-order valence-corrected chi connectivity index (χ3v) is 8.91. The number of aromatic nitrogens is 1. The number of nitrogens with zero attached hydrogens (tertiary/aromatic N) is 1. The van der Waals surface area contributed by atoms with Crippen molar-refractivity contribution in [1.82, 2.24) is 31.6 Å². The van der Waals surface area contributed by atoms with Gasteiger partial charge in [0.15, 0.2) is 11.7 Å². The number of benzene rings is 3. The molecule has 56 heavy (non-hydrogen) atoms. The van der Waals surface area contributed by atoms with Crippen LogP contribution in [0.15, 0.2) is 77.2 Å². The summed E-state index contributed by atoms with van der Waals surface area (Å²) in [4.78, 5) is 82.9. The van der Waals surface area contributed by atoms with Gasteiger partial charge in [0.25, 0.3) is 17.7 Å². The predicted octanol–water partition coefficient (Wildman–Crippen LogP) is 0.473. The minimum Gasteiger partial charge on any atom is -0.434 e. The van der Waals surface area contributed by atoms with E-state index in [1.807, 2.05) is 12.1 Å². The second-order valence-electron chi connectivity index (χ2n) is 13.0. The van der Waals surface area contributed by atoms with Gasteiger partial charge in [0, 0.05) is 17.1 Å². The van der Waals surface area contributed by atoms with Gasteiger partial charge in [0.05, 0.1) is 12.1 Å². The topological polar surface area (TPSA) is 287 Å². The number of rotatable bonds is 19. The summed E-state index contributed by atoms with van der Waals surface area (Å²) in [6.45, 7) is 2.62. The van der Waals surface area contributed by atoms with Crippen molar-refractivity contribution in [3.8, 4) is 11.1 Å². The number of carbonyl (C=O) groups is 6. The number of fused-ring (bicyclic) bond motifs is 1. The number of nitrogens with one attached hydrogen (secondary N) is 5. The van der Waals surface area contributed by atoms with E-state index in [9.17, 15) is 33.9 Å². The van der Waals surface area contributed by atoms with Crippen LogP contribution in [0.3, 0.4) is 0 Å². The Kier molecular flexibility index (Phi) is 15.6. The average Bonchev–Trinajstić information content (AvgIpc) is 3.62. The third kappa shape index (κ3) is 11.6. The van der Waals surface area contributed by atoms with E-state index in [0.717, 1.165) is 11.1 Å². The third-order valence-electron chi connectivity index (χ3n) is 8.66. The number of amides is 5. The molecule has 0 spiro atoms. The lowest BCUT2D eigenvalue weighted by Crippen LogP contribution is -2.63. The van der Waals surface area contributed by atoms with E-state index in [4.69, 9.17) is 33.2 Å². The molecule has 4 rings (SSSR count). The number of aliphatic hydroxyl groups excluding tert-OH is 1. The highest BCUT2D eigenvalue weighted by atomic mass is 35.5. The lowest BCUT2D eigenvalue weighted by molar-refractivity contribution is -0.135. The summed E-state index contributed by atoms with van der Waals surface area (Å²) in [5.74, 6) is -5.05. The molecule has 3 aromatic carbocycles. The highest BCUT2D eigenvalue weighted by Gasteiger charge is 2.33. The van der Waals surface area contributed by atoms with Crippen molar-refractivity contribution in [3.63, 3.8) is 0 Å². The van der Waals surface area contributed by atoms with Crippen LogP contribution in [0.4, 0.5) is 0 Å². The minimum atomic E-state index is -1.75. The van der Waals surface area contributed by atoms with E-state index in [1.54, 1.807) is 60.7 Å². The Labute approximate surface area is 327 Å². The first-order valence-corrected chi connectivity index (χ1v) is 18.2. The molecule has 0 saturated heterocycles. The molecule has 0 aliphatic rings. The van der Waals surface area contributed by atoms with Crippen LogP contribution in [0.2, 0.25) is 5.02 Å². The van der Waals surface area contributed by atoms with Gasteiger partial charge in [-0.05, 0) is 87.2 Å². The number of nitrogens with two attached hydrogens (primary N) is 3. The maximum atomic E-state index is 13.3. The fraction of sp³-hybridized carbons (Fsp3) is 0.342. The summed E-state index contributed by atoms with van der Waals surface area (Å²) in [5.41, 5.74) is 20.2. The molecule has 6 atom stereocenters. The van der Waals surface area contributed by atoms with Crippen molar-refractivity contribution in [2.75, 3.05) is 13.1 Å². The number of para-hydroxylation sites is 2. The van der Waals surface area contributed by atoms with Gasteiger partial charge in [0.2, 0.25) is 23.5 Å². The fourth-order valence-electron chi connectivity index (χ4n) is 5.46. The Bertz CT molecular complexity index is 1970. The van der Waals surface area contributed by atoms with Crippen LogP contribution in [0.5, 0.6) is 0 Å². The van der Waals surface area contributed by atoms with Crippen molar-refractivity contribution < 1.29 is 38.3 Å². The second kappa shape index (κ2) is 20.3. The zero-order valence-electron chi connectivity index (χ0n) is 30.8. The van der Waals surface area contributed by atoms with Gasteiger partial charge in [-0.1, -0.05) is 48.0 Å². The van der Waals surface area contributed by atoms with Gasteiger partial charge in [-0.2, -0.15) is 0 Å². The summed E-state index contributed by atoms with van der Waals surface area (Å²) < 4.78 is 5.52. The first kappa shape index (κ1) is 43.0. The standard InChI is InChI=1S/C38H46ClN9O8/c1-20(31(50)38-46-26-7-3-4-9-29(26)56-38)43-34(52)27(8-5-6-18-40)44-37(55)32(42)48-36(54)30(21(2)49)47-35(53)28(19-41)45-33(51)24-12-10-22(11-13-24)23-14-16-25(39)17-15-23/h3-4,7,9-17,20-21,27-28,30,32,49H,5-6,8,18-19,40-42H2,1-2H3,(H,43,52)(H,44,55)(H,45,51)(H,47,53)(H,48,54). The summed E-state index contributed by atoms with van der Waals surface area (Å²) in [5, 5.41) is 23.1. The molecular weight excluding hydrogens is 746 g/mol. The predicted molar refractivity (Wildman–Crippen MR) is 208 cm³/mol. The van der Waals surface area contributed by atoms with Crippen molar-refractivity contribution >= 4 is 58.0 Å². The van der Waals surface area contributed by atoms with Crippen LogP contribution in [0.25, 0.3) is 22.2 Å². The highest BCUT2D eigenvalue weighted by molar-refractivity contribution is 6.30. The molecule has 0 aliphatic heterocycles. The lowest BCUT2D eigenvalue weighted by Gasteiger charge is -2.26. The second-order valence-corrected chi connectivity index (χ2v) is 13.4. The van der Waals surface area contributed by atoms with Crippen molar-refractivity contribution in [2.45, 2.75) is 69.5 Å². The summed E-state index contributed by atoms with van der Waals surface area (Å²) in [6.07, 6.45) is -2.17. The Morgan fingerprint density at radius 2 is 1.38 bits per heavy atom. The Morgan fingerprint density at radius 1 is 0.750 bits per heavy atom. The molecule has 12 N–H and O–H groups in total. The lowest BCUT2D eigenvalue weighted by atomic mass is 10.0. The first-order chi connectivity index (χ1) is 26.7. The quantitative estimate of drug-likeness (QED) is 0.0356. The molecule has 0 radical (unpaired) electrons. The van der Waals surface area contributed by atoms with Crippen LogP contribution >= 0.6 is 11.6 Å². The molecule has 5 amide bonds. The fourth-order valence-corrected chi connectivity index (χ4v) is 5.59. The summed E-state index contributed by atoms with van der Waals surface area (Å²) in [6, 6.07) is 15.3. The molecule has 17 nitrogen and oxygen atoms in total. The number of carbonyl (C=O) groups excluding carboxylic acids is 6. The molecule has 1 heterocycles. The van der Waals surface area contributed by atoms with Crippen LogP contribution in [-0.2, 0) is 19.2 Å². The molecule has 0 fully saturated rings. The number of aliphatic hydroxyl groups is 1. The Balaban J connectivity index is 1.34. The number of halogens is 1. The smallest absolute Gasteiger partial charge is 0.266 e. The average molecular weight is 792 g/mol. The highest BCUT2D eigenvalue weighted by Crippen LogP contribution is 2.22. The van der Waals surface area contributed by atoms with Crippen molar-refractivity contribution in [3.05, 3.63) is 89.3 Å². The number of oxazole rings is 1. The van der Waals surface area contributed by atoms with Gasteiger partial charge in [0.1, 0.15) is 23.6 Å². The molecule has 18 heteroatoms. The SMILES string of the molecule is CC(NC(=O)C(CCCCN)NC(=O)C(N)NC(=O)C(NC(=O)C(CN)NC(=O)c1ccc(-c2ccc(Cl)cc2)cc1)C(C)O)C(=O)c1nc2ccccc2o1. The largest absolute Gasteiger partial charge is 0.434 e. The van der Waals surface area contributed by atoms with E-state index in [2.05, 4.69) is 31.6 Å².